The Hall–Kier alpha value is -2.88. The lowest BCUT2D eigenvalue weighted by Crippen LogP contribution is -2.37. The van der Waals surface area contributed by atoms with Crippen molar-refractivity contribution in [2.75, 3.05) is 13.1 Å². The van der Waals surface area contributed by atoms with Gasteiger partial charge >= 0.3 is 0 Å². The maximum absolute atomic E-state index is 5.16. The first-order valence-electron chi connectivity index (χ1n) is 13.5. The van der Waals surface area contributed by atoms with Crippen LogP contribution in [0.2, 0.25) is 0 Å². The Morgan fingerprint density at radius 1 is 1.17 bits per heavy atom. The van der Waals surface area contributed by atoms with Crippen molar-refractivity contribution in [2.45, 2.75) is 66.3 Å². The minimum atomic E-state index is 0.715. The van der Waals surface area contributed by atoms with Gasteiger partial charge in [-0.15, -0.1) is 0 Å². The molecule has 1 saturated carbocycles. The lowest BCUT2D eigenvalue weighted by molar-refractivity contribution is 0.173. The van der Waals surface area contributed by atoms with E-state index < -0.39 is 0 Å². The van der Waals surface area contributed by atoms with Crippen LogP contribution >= 0.6 is 0 Å². The zero-order chi connectivity index (χ0) is 24.5. The van der Waals surface area contributed by atoms with E-state index in [0.29, 0.717) is 5.92 Å². The van der Waals surface area contributed by atoms with E-state index in [-0.39, 0.29) is 0 Å². The molecule has 184 valence electrons. The van der Waals surface area contributed by atoms with Crippen molar-refractivity contribution in [3.05, 3.63) is 66.0 Å². The van der Waals surface area contributed by atoms with E-state index in [9.17, 15) is 0 Å². The van der Waals surface area contributed by atoms with Crippen LogP contribution in [0.4, 0.5) is 5.69 Å². The van der Waals surface area contributed by atoms with Crippen LogP contribution in [-0.4, -0.2) is 33.3 Å². The second-order valence-corrected chi connectivity index (χ2v) is 10.9. The van der Waals surface area contributed by atoms with Gasteiger partial charge in [0.1, 0.15) is 5.65 Å². The Morgan fingerprint density at radius 3 is 2.74 bits per heavy atom. The van der Waals surface area contributed by atoms with Gasteiger partial charge < -0.3 is 9.47 Å². The Morgan fingerprint density at radius 2 is 2.00 bits per heavy atom. The number of fused-ring (bicyclic) bond motifs is 1. The van der Waals surface area contributed by atoms with Crippen molar-refractivity contribution < 1.29 is 0 Å². The summed E-state index contributed by atoms with van der Waals surface area (Å²) in [5, 5.41) is 1.19. The van der Waals surface area contributed by atoms with Gasteiger partial charge in [-0.05, 0) is 86.3 Å². The highest BCUT2D eigenvalue weighted by Gasteiger charge is 2.27. The Balaban J connectivity index is 1.41. The summed E-state index contributed by atoms with van der Waals surface area (Å²) >= 11 is 0. The zero-order valence-electron chi connectivity index (χ0n) is 21.9. The lowest BCUT2D eigenvalue weighted by Gasteiger charge is -2.39. The molecule has 2 unspecified atom stereocenters. The van der Waals surface area contributed by atoms with Crippen molar-refractivity contribution in [1.82, 2.24) is 14.5 Å². The van der Waals surface area contributed by atoms with Gasteiger partial charge in [-0.25, -0.2) is 4.98 Å². The third kappa shape index (κ3) is 5.07. The van der Waals surface area contributed by atoms with Crippen molar-refractivity contribution in [3.8, 4) is 0 Å². The largest absolute Gasteiger partial charge is 0.371 e. The third-order valence-corrected chi connectivity index (χ3v) is 8.12. The monoisotopic (exact) mass is 468 g/mol. The number of rotatable bonds is 8. The fourth-order valence-corrected chi connectivity index (χ4v) is 5.70. The number of aromatic nitrogens is 2. The molecule has 3 aromatic rings. The lowest BCUT2D eigenvalue weighted by atomic mass is 9.83. The van der Waals surface area contributed by atoms with Crippen LogP contribution in [0, 0.1) is 24.7 Å². The molecule has 2 aliphatic rings. The Bertz CT molecular complexity index is 1250. The molecule has 4 heteroatoms. The molecule has 0 amide bonds. The number of nitrogens with zero attached hydrogens (tertiary/aromatic N) is 4. The number of piperidine rings is 1. The molecule has 1 aliphatic heterocycles. The number of pyridine rings is 1. The second-order valence-electron chi connectivity index (χ2n) is 10.9. The molecule has 0 N–H and O–H groups in total. The third-order valence-electron chi connectivity index (χ3n) is 8.12. The summed E-state index contributed by atoms with van der Waals surface area (Å²) in [6.07, 6.45) is 8.43. The summed E-state index contributed by atoms with van der Waals surface area (Å²) in [6.45, 7) is 16.7. The van der Waals surface area contributed by atoms with Crippen molar-refractivity contribution >= 4 is 28.1 Å². The molecule has 5 rings (SSSR count). The second kappa shape index (κ2) is 10.0. The van der Waals surface area contributed by atoms with Crippen LogP contribution in [0.25, 0.3) is 16.7 Å². The summed E-state index contributed by atoms with van der Waals surface area (Å²) < 4.78 is 2.38. The molecule has 3 heterocycles. The van der Waals surface area contributed by atoms with E-state index in [1.807, 2.05) is 12.3 Å². The van der Waals surface area contributed by atoms with Gasteiger partial charge in [0, 0.05) is 36.9 Å². The molecule has 2 aromatic heterocycles. The highest BCUT2D eigenvalue weighted by molar-refractivity contribution is 6.03. The Labute approximate surface area is 210 Å². The highest BCUT2D eigenvalue weighted by Crippen LogP contribution is 2.35. The normalized spacial score (nSPS) is 21.0. The molecule has 0 spiro atoms. The number of benzene rings is 1. The van der Waals surface area contributed by atoms with Gasteiger partial charge in [-0.3, -0.25) is 4.99 Å². The predicted molar refractivity (Wildman–Crippen MR) is 148 cm³/mol. The van der Waals surface area contributed by atoms with Gasteiger partial charge in [0.25, 0.3) is 0 Å². The topological polar surface area (TPSA) is 33.4 Å². The van der Waals surface area contributed by atoms with Gasteiger partial charge in [0.15, 0.2) is 0 Å². The van der Waals surface area contributed by atoms with Crippen molar-refractivity contribution in [3.63, 3.8) is 0 Å². The highest BCUT2D eigenvalue weighted by atomic mass is 15.1. The van der Waals surface area contributed by atoms with Crippen LogP contribution in [0.5, 0.6) is 0 Å². The molecule has 35 heavy (non-hydrogen) atoms. The first-order valence-corrected chi connectivity index (χ1v) is 13.5. The Kier molecular flexibility index (Phi) is 6.82. The molecule has 1 aliphatic carbocycles. The molecule has 2 atom stereocenters. The van der Waals surface area contributed by atoms with Crippen LogP contribution in [0.3, 0.4) is 0 Å². The quantitative estimate of drug-likeness (QED) is 0.319. The summed E-state index contributed by atoms with van der Waals surface area (Å²) in [5.41, 5.74) is 7.84. The molecule has 2 fully saturated rings. The summed E-state index contributed by atoms with van der Waals surface area (Å²) in [4.78, 5) is 12.3. The summed E-state index contributed by atoms with van der Waals surface area (Å²) in [6, 6.07) is 13.1. The zero-order valence-corrected chi connectivity index (χ0v) is 21.9. The SMILES string of the molecule is C=C(c1ccc(C)c(/N=C(\C)c2cc3cccnc3n2CC2CC2)c1)N1CCC(CCC)C(C)C1. The average molecular weight is 469 g/mol. The number of aliphatic imine (C=N–C) groups is 1. The van der Waals surface area contributed by atoms with Crippen LogP contribution in [0.1, 0.15) is 69.7 Å². The van der Waals surface area contributed by atoms with Crippen molar-refractivity contribution in [2.24, 2.45) is 22.7 Å². The molecule has 1 aromatic carbocycles. The standard InChI is InChI=1S/C31H40N4/c1-6-8-26-14-16-34(19-22(26)3)24(5)27-13-10-21(2)29(17-27)33-23(4)30-18-28-9-7-15-32-31(28)35(30)20-25-11-12-25/h7,9-10,13,15,17-18,22,25-26H,5-6,8,11-12,14,16,19-20H2,1-4H3/b33-23+. The molecule has 4 nitrogen and oxygen atoms in total. The average Bonchev–Trinajstić information content (AvgIpc) is 3.60. The molecule has 0 bridgehead atoms. The number of hydrogen-bond acceptors (Lipinski definition) is 3. The van der Waals surface area contributed by atoms with Crippen molar-refractivity contribution in [1.29, 1.82) is 0 Å². The minimum absolute atomic E-state index is 0.715. The molecule has 0 radical (unpaired) electrons. The minimum Gasteiger partial charge on any atom is -0.371 e. The fourth-order valence-electron chi connectivity index (χ4n) is 5.70. The van der Waals surface area contributed by atoms with Gasteiger partial charge in [0.05, 0.1) is 17.1 Å². The smallest absolute Gasteiger partial charge is 0.140 e. The predicted octanol–water partition coefficient (Wildman–Crippen LogP) is 7.62. The fraction of sp³-hybridized carbons (Fsp3) is 0.484. The van der Waals surface area contributed by atoms with E-state index >= 15 is 0 Å². The van der Waals surface area contributed by atoms with Gasteiger partial charge in [-0.2, -0.15) is 0 Å². The maximum Gasteiger partial charge on any atom is 0.140 e. The summed E-state index contributed by atoms with van der Waals surface area (Å²) in [7, 11) is 0. The van der Waals surface area contributed by atoms with E-state index in [1.54, 1.807) is 0 Å². The van der Waals surface area contributed by atoms with Gasteiger partial charge in [-0.1, -0.05) is 45.4 Å². The van der Waals surface area contributed by atoms with E-state index in [0.717, 1.165) is 54.2 Å². The summed E-state index contributed by atoms with van der Waals surface area (Å²) in [5.74, 6) is 2.34. The first-order chi connectivity index (χ1) is 16.9. The van der Waals surface area contributed by atoms with Gasteiger partial charge in [0.2, 0.25) is 0 Å². The molecule has 1 saturated heterocycles. The van der Waals surface area contributed by atoms with E-state index in [4.69, 9.17) is 9.98 Å². The number of aryl methyl sites for hydroxylation is 1. The van der Waals surface area contributed by atoms with Crippen LogP contribution < -0.4 is 0 Å². The first kappa shape index (κ1) is 23.8. The number of likely N-dealkylation sites (tertiary alicyclic amines) is 1. The number of hydrogen-bond donors (Lipinski definition) is 0. The maximum atomic E-state index is 5.16. The van der Waals surface area contributed by atoms with Crippen LogP contribution in [0.15, 0.2) is 54.2 Å². The van der Waals surface area contributed by atoms with E-state index in [2.05, 4.69) is 74.1 Å². The molecular weight excluding hydrogens is 428 g/mol. The van der Waals surface area contributed by atoms with Crippen LogP contribution in [-0.2, 0) is 6.54 Å². The molecular formula is C31H40N4. The van der Waals surface area contributed by atoms with E-state index in [1.165, 1.54) is 54.3 Å².